The Kier molecular flexibility index (Phi) is 5.09. The van der Waals surface area contributed by atoms with Gasteiger partial charge in [0.05, 0.1) is 0 Å². The van der Waals surface area contributed by atoms with Crippen LogP contribution in [0.3, 0.4) is 0 Å². The van der Waals surface area contributed by atoms with Crippen LogP contribution in [0.1, 0.15) is 0 Å². The maximum absolute atomic E-state index is 11.8. The van der Waals surface area contributed by atoms with Crippen molar-refractivity contribution >= 4 is 40.8 Å². The minimum Gasteiger partial charge on any atom is -0.368 e. The number of alkyl halides is 1. The second kappa shape index (κ2) is 6.81. The fourth-order valence-corrected chi connectivity index (χ4v) is 2.24. The third kappa shape index (κ3) is 3.77. The monoisotopic (exact) mass is 315 g/mol. The van der Waals surface area contributed by atoms with Crippen molar-refractivity contribution in [3.63, 3.8) is 0 Å². The van der Waals surface area contributed by atoms with Gasteiger partial charge in [0.1, 0.15) is 5.88 Å². The summed E-state index contributed by atoms with van der Waals surface area (Å²) < 4.78 is 0. The Hall–Kier alpha value is -1.46. The lowest BCUT2D eigenvalue weighted by Gasteiger charge is -2.35. The van der Waals surface area contributed by atoms with Gasteiger partial charge in [-0.3, -0.25) is 10.1 Å². The quantitative estimate of drug-likeness (QED) is 0.849. The topological polar surface area (TPSA) is 52.7 Å². The van der Waals surface area contributed by atoms with Gasteiger partial charge in [-0.05, 0) is 24.3 Å². The fourth-order valence-electron chi connectivity index (χ4n) is 2.05. The second-order valence-electron chi connectivity index (χ2n) is 4.44. The van der Waals surface area contributed by atoms with Gasteiger partial charge in [-0.2, -0.15) is 0 Å². The van der Waals surface area contributed by atoms with E-state index >= 15 is 0 Å². The van der Waals surface area contributed by atoms with Gasteiger partial charge in [0.25, 0.3) is 0 Å². The number of urea groups is 1. The molecule has 0 saturated carbocycles. The van der Waals surface area contributed by atoms with Crippen molar-refractivity contribution in [3.8, 4) is 0 Å². The van der Waals surface area contributed by atoms with Gasteiger partial charge >= 0.3 is 6.03 Å². The van der Waals surface area contributed by atoms with Gasteiger partial charge in [-0.25, -0.2) is 4.79 Å². The van der Waals surface area contributed by atoms with Crippen LogP contribution in [0.2, 0.25) is 5.02 Å². The largest absolute Gasteiger partial charge is 0.368 e. The number of carbonyl (C=O) groups is 2. The highest BCUT2D eigenvalue weighted by Crippen LogP contribution is 2.19. The van der Waals surface area contributed by atoms with Crippen LogP contribution in [-0.2, 0) is 4.79 Å². The molecule has 0 radical (unpaired) electrons. The van der Waals surface area contributed by atoms with E-state index in [2.05, 4.69) is 10.2 Å². The van der Waals surface area contributed by atoms with Gasteiger partial charge in [-0.1, -0.05) is 11.6 Å². The molecule has 1 aliphatic heterocycles. The summed E-state index contributed by atoms with van der Waals surface area (Å²) in [7, 11) is 0. The van der Waals surface area contributed by atoms with Crippen LogP contribution in [-0.4, -0.2) is 48.9 Å². The number of nitrogens with one attached hydrogen (secondary N) is 1. The molecule has 1 aliphatic rings. The summed E-state index contributed by atoms with van der Waals surface area (Å²) in [6.07, 6.45) is 0. The van der Waals surface area contributed by atoms with Crippen LogP contribution in [0.15, 0.2) is 24.3 Å². The maximum atomic E-state index is 11.8. The number of nitrogens with zero attached hydrogens (tertiary/aromatic N) is 2. The Labute approximate surface area is 127 Å². The predicted molar refractivity (Wildman–Crippen MR) is 79.5 cm³/mol. The average molecular weight is 316 g/mol. The van der Waals surface area contributed by atoms with Crippen LogP contribution in [0.5, 0.6) is 0 Å². The van der Waals surface area contributed by atoms with Gasteiger partial charge in [0, 0.05) is 36.9 Å². The molecule has 1 heterocycles. The minimum absolute atomic E-state index is 0.212. The Morgan fingerprint density at radius 3 is 2.25 bits per heavy atom. The Bertz CT molecular complexity index is 485. The van der Waals surface area contributed by atoms with E-state index in [1.165, 1.54) is 0 Å². The molecule has 5 nitrogen and oxygen atoms in total. The number of imide groups is 1. The van der Waals surface area contributed by atoms with Crippen LogP contribution in [0.25, 0.3) is 0 Å². The highest BCUT2D eigenvalue weighted by molar-refractivity contribution is 6.30. The summed E-state index contributed by atoms with van der Waals surface area (Å²) >= 11 is 11.2. The van der Waals surface area contributed by atoms with Crippen LogP contribution in [0.4, 0.5) is 10.5 Å². The van der Waals surface area contributed by atoms with E-state index < -0.39 is 5.91 Å². The van der Waals surface area contributed by atoms with Crippen LogP contribution in [0, 0.1) is 0 Å². The molecule has 0 unspecified atom stereocenters. The molecule has 7 heteroatoms. The first-order chi connectivity index (χ1) is 9.60. The molecule has 0 atom stereocenters. The van der Waals surface area contributed by atoms with Gasteiger partial charge in [0.2, 0.25) is 5.91 Å². The SMILES string of the molecule is O=C(CCl)NC(=O)N1CCN(c2ccc(Cl)cc2)CC1. The predicted octanol–water partition coefficient (Wildman–Crippen LogP) is 1.94. The Balaban J connectivity index is 1.87. The van der Waals surface area contributed by atoms with E-state index in [1.54, 1.807) is 4.90 Å². The molecule has 3 amide bonds. The standard InChI is InChI=1S/C13H15Cl2N3O2/c14-9-12(19)16-13(20)18-7-5-17(6-8-18)11-3-1-10(15)2-4-11/h1-4H,5-9H2,(H,16,19,20). The van der Waals surface area contributed by atoms with Crippen molar-refractivity contribution in [1.82, 2.24) is 10.2 Å². The number of benzene rings is 1. The summed E-state index contributed by atoms with van der Waals surface area (Å²) in [5, 5.41) is 2.94. The average Bonchev–Trinajstić information content (AvgIpc) is 2.48. The molecule has 0 aromatic heterocycles. The molecule has 20 heavy (non-hydrogen) atoms. The molecule has 0 spiro atoms. The normalized spacial score (nSPS) is 15.1. The van der Waals surface area contributed by atoms with Crippen molar-refractivity contribution in [2.45, 2.75) is 0 Å². The lowest BCUT2D eigenvalue weighted by Crippen LogP contribution is -2.53. The molecule has 108 valence electrons. The van der Waals surface area contributed by atoms with Crippen molar-refractivity contribution in [1.29, 1.82) is 0 Å². The first kappa shape index (κ1) is 14.9. The number of piperazine rings is 1. The Morgan fingerprint density at radius 1 is 1.10 bits per heavy atom. The molecule has 1 N–H and O–H groups in total. The number of halogens is 2. The third-order valence-electron chi connectivity index (χ3n) is 3.13. The smallest absolute Gasteiger partial charge is 0.324 e. The number of anilines is 1. The molecule has 1 saturated heterocycles. The van der Waals surface area contributed by atoms with Crippen molar-refractivity contribution in [2.75, 3.05) is 37.0 Å². The van der Waals surface area contributed by atoms with E-state index in [9.17, 15) is 9.59 Å². The van der Waals surface area contributed by atoms with Gasteiger partial charge in [0.15, 0.2) is 0 Å². The summed E-state index contributed by atoms with van der Waals surface area (Å²) in [5.74, 6) is -0.687. The second-order valence-corrected chi connectivity index (χ2v) is 5.14. The third-order valence-corrected chi connectivity index (χ3v) is 3.62. The summed E-state index contributed by atoms with van der Waals surface area (Å²) in [6.45, 7) is 2.54. The van der Waals surface area contributed by atoms with Crippen LogP contribution >= 0.6 is 23.2 Å². The number of rotatable bonds is 2. The number of amides is 3. The highest BCUT2D eigenvalue weighted by atomic mass is 35.5. The first-order valence-electron chi connectivity index (χ1n) is 6.25. The maximum Gasteiger partial charge on any atom is 0.324 e. The fraction of sp³-hybridized carbons (Fsp3) is 0.385. The molecular weight excluding hydrogens is 301 g/mol. The first-order valence-corrected chi connectivity index (χ1v) is 7.16. The molecule has 0 bridgehead atoms. The van der Waals surface area contributed by atoms with E-state index in [0.29, 0.717) is 31.2 Å². The number of hydrogen-bond donors (Lipinski definition) is 1. The van der Waals surface area contributed by atoms with Gasteiger partial charge in [-0.15, -0.1) is 11.6 Å². The summed E-state index contributed by atoms with van der Waals surface area (Å²) in [5.41, 5.74) is 1.08. The van der Waals surface area contributed by atoms with Crippen molar-refractivity contribution in [3.05, 3.63) is 29.3 Å². The van der Waals surface area contributed by atoms with E-state index in [0.717, 1.165) is 5.69 Å². The van der Waals surface area contributed by atoms with Crippen LogP contribution < -0.4 is 10.2 Å². The Morgan fingerprint density at radius 2 is 1.70 bits per heavy atom. The van der Waals surface area contributed by atoms with Crippen molar-refractivity contribution < 1.29 is 9.59 Å². The van der Waals surface area contributed by atoms with E-state index in [-0.39, 0.29) is 11.9 Å². The lowest BCUT2D eigenvalue weighted by molar-refractivity contribution is -0.117. The van der Waals surface area contributed by atoms with Crippen molar-refractivity contribution in [2.24, 2.45) is 0 Å². The van der Waals surface area contributed by atoms with Gasteiger partial charge < -0.3 is 9.80 Å². The summed E-state index contributed by atoms with van der Waals surface area (Å²) in [6, 6.07) is 7.21. The number of carbonyl (C=O) groups excluding carboxylic acids is 2. The van der Waals surface area contributed by atoms with E-state index in [4.69, 9.17) is 23.2 Å². The molecule has 1 fully saturated rings. The van der Waals surface area contributed by atoms with E-state index in [1.807, 2.05) is 24.3 Å². The molecule has 0 aliphatic carbocycles. The molecule has 2 rings (SSSR count). The zero-order valence-corrected chi connectivity index (χ0v) is 12.3. The lowest BCUT2D eigenvalue weighted by atomic mass is 10.2. The highest BCUT2D eigenvalue weighted by Gasteiger charge is 2.22. The molecule has 1 aromatic carbocycles. The molecule has 1 aromatic rings. The molecular formula is C13H15Cl2N3O2. The summed E-state index contributed by atoms with van der Waals surface area (Å²) in [4.78, 5) is 26.6. The number of hydrogen-bond acceptors (Lipinski definition) is 3. The zero-order valence-electron chi connectivity index (χ0n) is 10.8. The minimum atomic E-state index is -0.475. The zero-order chi connectivity index (χ0) is 14.5.